The Morgan fingerprint density at radius 1 is 1.38 bits per heavy atom. The molecule has 2 rings (SSSR count). The van der Waals surface area contributed by atoms with Gasteiger partial charge in [-0.2, -0.15) is 0 Å². The highest BCUT2D eigenvalue weighted by Crippen LogP contribution is 2.29. The van der Waals surface area contributed by atoms with E-state index in [9.17, 15) is 0 Å². The molecule has 0 saturated heterocycles. The molecule has 16 heavy (non-hydrogen) atoms. The monoisotopic (exact) mass is 243 g/mol. The van der Waals surface area contributed by atoms with Crippen molar-refractivity contribution in [1.82, 2.24) is 4.90 Å². The van der Waals surface area contributed by atoms with Gasteiger partial charge >= 0.3 is 0 Å². The van der Waals surface area contributed by atoms with Gasteiger partial charge in [-0.3, -0.25) is 4.90 Å². The van der Waals surface area contributed by atoms with E-state index in [1.165, 1.54) is 12.8 Å². The van der Waals surface area contributed by atoms with Crippen molar-refractivity contribution in [3.05, 3.63) is 23.1 Å². The zero-order valence-electron chi connectivity index (χ0n) is 9.36. The fraction of sp³-hybridized carbons (Fsp3) is 0.667. The van der Waals surface area contributed by atoms with Crippen molar-refractivity contribution in [2.24, 2.45) is 0 Å². The van der Waals surface area contributed by atoms with Gasteiger partial charge in [-0.05, 0) is 56.0 Å². The van der Waals surface area contributed by atoms with Crippen molar-refractivity contribution < 1.29 is 9.52 Å². The molecule has 1 heterocycles. The minimum absolute atomic E-state index is 0.283. The summed E-state index contributed by atoms with van der Waals surface area (Å²) in [6.07, 6.45) is 4.49. The van der Waals surface area contributed by atoms with Gasteiger partial charge in [0.1, 0.15) is 5.76 Å². The van der Waals surface area contributed by atoms with Crippen LogP contribution in [-0.4, -0.2) is 29.2 Å². The van der Waals surface area contributed by atoms with Crippen molar-refractivity contribution in [2.75, 3.05) is 13.2 Å². The van der Waals surface area contributed by atoms with Gasteiger partial charge in [-0.15, -0.1) is 0 Å². The van der Waals surface area contributed by atoms with Gasteiger partial charge < -0.3 is 9.52 Å². The molecule has 1 aromatic rings. The second-order valence-corrected chi connectivity index (χ2v) is 4.71. The summed E-state index contributed by atoms with van der Waals surface area (Å²) in [6.45, 7) is 2.15. The number of hydrogen-bond donors (Lipinski definition) is 1. The maximum Gasteiger partial charge on any atom is 0.193 e. The third-order valence-corrected chi connectivity index (χ3v) is 3.11. The highest BCUT2D eigenvalue weighted by molar-refractivity contribution is 6.28. The summed E-state index contributed by atoms with van der Waals surface area (Å²) in [5.74, 6) is 0.931. The standard InChI is InChI=1S/C12H18ClNO2/c13-12-6-5-11(16-12)9-14(10-3-4-10)7-1-2-8-15/h5-6,10,15H,1-4,7-9H2. The van der Waals surface area contributed by atoms with Gasteiger partial charge in [-0.25, -0.2) is 0 Å². The van der Waals surface area contributed by atoms with Crippen molar-refractivity contribution in [3.8, 4) is 0 Å². The van der Waals surface area contributed by atoms with Gasteiger partial charge in [0.15, 0.2) is 5.22 Å². The predicted molar refractivity (Wildman–Crippen MR) is 63.5 cm³/mol. The largest absolute Gasteiger partial charge is 0.448 e. The Kier molecular flexibility index (Phi) is 4.27. The van der Waals surface area contributed by atoms with E-state index in [1.54, 1.807) is 6.07 Å². The topological polar surface area (TPSA) is 36.6 Å². The number of furan rings is 1. The summed E-state index contributed by atoms with van der Waals surface area (Å²) in [5.41, 5.74) is 0. The summed E-state index contributed by atoms with van der Waals surface area (Å²) < 4.78 is 5.37. The summed E-state index contributed by atoms with van der Waals surface area (Å²) in [5, 5.41) is 9.23. The zero-order chi connectivity index (χ0) is 11.4. The van der Waals surface area contributed by atoms with Crippen LogP contribution in [0.1, 0.15) is 31.4 Å². The van der Waals surface area contributed by atoms with E-state index in [0.29, 0.717) is 11.3 Å². The summed E-state index contributed by atoms with van der Waals surface area (Å²) in [4.78, 5) is 2.42. The maximum atomic E-state index is 8.77. The molecule has 0 spiro atoms. The van der Waals surface area contributed by atoms with Crippen molar-refractivity contribution in [3.63, 3.8) is 0 Å². The van der Waals surface area contributed by atoms with Gasteiger partial charge in [0, 0.05) is 12.6 Å². The van der Waals surface area contributed by atoms with Crippen molar-refractivity contribution in [2.45, 2.75) is 38.3 Å². The number of nitrogens with zero attached hydrogens (tertiary/aromatic N) is 1. The average Bonchev–Trinajstić information content (AvgIpc) is 3.02. The first-order chi connectivity index (χ1) is 7.79. The SMILES string of the molecule is OCCCCN(Cc1ccc(Cl)o1)C1CC1. The van der Waals surface area contributed by atoms with Crippen molar-refractivity contribution in [1.29, 1.82) is 0 Å². The molecule has 1 aromatic heterocycles. The van der Waals surface area contributed by atoms with E-state index >= 15 is 0 Å². The maximum absolute atomic E-state index is 8.77. The molecule has 0 atom stereocenters. The van der Waals surface area contributed by atoms with Crippen LogP contribution in [0.2, 0.25) is 5.22 Å². The highest BCUT2D eigenvalue weighted by Gasteiger charge is 2.28. The molecule has 1 N–H and O–H groups in total. The molecule has 1 aliphatic carbocycles. The van der Waals surface area contributed by atoms with E-state index < -0.39 is 0 Å². The van der Waals surface area contributed by atoms with Gasteiger partial charge in [0.25, 0.3) is 0 Å². The number of aliphatic hydroxyl groups is 1. The molecule has 90 valence electrons. The first kappa shape index (κ1) is 12.0. The summed E-state index contributed by atoms with van der Waals surface area (Å²) in [7, 11) is 0. The van der Waals surface area contributed by atoms with Crippen LogP contribution in [-0.2, 0) is 6.54 Å². The highest BCUT2D eigenvalue weighted by atomic mass is 35.5. The molecule has 0 radical (unpaired) electrons. The van der Waals surface area contributed by atoms with Crippen LogP contribution in [0.3, 0.4) is 0 Å². The van der Waals surface area contributed by atoms with Gasteiger partial charge in [-0.1, -0.05) is 0 Å². The quantitative estimate of drug-likeness (QED) is 0.748. The summed E-state index contributed by atoms with van der Waals surface area (Å²) >= 11 is 5.75. The normalized spacial score (nSPS) is 15.9. The van der Waals surface area contributed by atoms with E-state index in [1.807, 2.05) is 6.07 Å². The Morgan fingerprint density at radius 3 is 2.75 bits per heavy atom. The predicted octanol–water partition coefficient (Wildman–Crippen LogP) is 2.67. The lowest BCUT2D eigenvalue weighted by atomic mass is 10.3. The second-order valence-electron chi connectivity index (χ2n) is 4.34. The lowest BCUT2D eigenvalue weighted by molar-refractivity contribution is 0.215. The number of unbranched alkanes of at least 4 members (excludes halogenated alkanes) is 1. The van der Waals surface area contributed by atoms with Gasteiger partial charge in [0.2, 0.25) is 0 Å². The number of hydrogen-bond acceptors (Lipinski definition) is 3. The Balaban J connectivity index is 1.82. The zero-order valence-corrected chi connectivity index (χ0v) is 10.1. The fourth-order valence-corrected chi connectivity index (χ4v) is 2.06. The molecule has 4 heteroatoms. The first-order valence-electron chi connectivity index (χ1n) is 5.88. The van der Waals surface area contributed by atoms with Crippen LogP contribution in [0.15, 0.2) is 16.5 Å². The lowest BCUT2D eigenvalue weighted by Gasteiger charge is -2.20. The van der Waals surface area contributed by atoms with Crippen LogP contribution in [0.25, 0.3) is 0 Å². The second kappa shape index (κ2) is 5.71. The fourth-order valence-electron chi connectivity index (χ4n) is 1.89. The molecule has 3 nitrogen and oxygen atoms in total. The molecule has 0 aliphatic heterocycles. The van der Waals surface area contributed by atoms with E-state index in [-0.39, 0.29) is 6.61 Å². The summed E-state index contributed by atoms with van der Waals surface area (Å²) in [6, 6.07) is 4.43. The molecular weight excluding hydrogens is 226 g/mol. The van der Waals surface area contributed by atoms with E-state index in [2.05, 4.69) is 4.90 Å². The molecule has 1 aliphatic rings. The molecule has 0 bridgehead atoms. The number of aliphatic hydroxyl groups excluding tert-OH is 1. The Morgan fingerprint density at radius 2 is 2.19 bits per heavy atom. The van der Waals surface area contributed by atoms with Crippen LogP contribution >= 0.6 is 11.6 Å². The van der Waals surface area contributed by atoms with E-state index in [4.69, 9.17) is 21.1 Å². The number of halogens is 1. The van der Waals surface area contributed by atoms with Gasteiger partial charge in [0.05, 0.1) is 6.54 Å². The third kappa shape index (κ3) is 3.51. The number of rotatable bonds is 7. The first-order valence-corrected chi connectivity index (χ1v) is 6.26. The van der Waals surface area contributed by atoms with Crippen LogP contribution in [0.4, 0.5) is 0 Å². The Hall–Kier alpha value is -0.510. The van der Waals surface area contributed by atoms with Crippen LogP contribution in [0.5, 0.6) is 0 Å². The molecule has 0 unspecified atom stereocenters. The molecule has 0 amide bonds. The van der Waals surface area contributed by atoms with Crippen LogP contribution < -0.4 is 0 Å². The lowest BCUT2D eigenvalue weighted by Crippen LogP contribution is -2.26. The minimum Gasteiger partial charge on any atom is -0.448 e. The Labute approximate surface area is 101 Å². The molecule has 0 aromatic carbocycles. The molecule has 1 fully saturated rings. The average molecular weight is 244 g/mol. The smallest absolute Gasteiger partial charge is 0.193 e. The molecule has 1 saturated carbocycles. The Bertz CT molecular complexity index is 323. The third-order valence-electron chi connectivity index (χ3n) is 2.90. The minimum atomic E-state index is 0.283. The van der Waals surface area contributed by atoms with E-state index in [0.717, 1.165) is 31.7 Å². The molecular formula is C12H18ClNO2. The van der Waals surface area contributed by atoms with Crippen molar-refractivity contribution >= 4 is 11.6 Å². The van der Waals surface area contributed by atoms with Crippen LogP contribution in [0, 0.1) is 0 Å².